The zero-order valence-corrected chi connectivity index (χ0v) is 22.2. The van der Waals surface area contributed by atoms with Crippen molar-refractivity contribution < 1.29 is 13.2 Å². The van der Waals surface area contributed by atoms with Gasteiger partial charge in [-0.1, -0.05) is 0 Å². The number of likely N-dealkylation sites (tertiary alicyclic amines) is 1. The van der Waals surface area contributed by atoms with E-state index < -0.39 is 10.0 Å². The number of nitrogens with zero attached hydrogens (tertiary/aromatic N) is 3. The monoisotopic (exact) mass is 512 g/mol. The number of carbonyl (C=O) groups excluding carboxylic acids is 1. The molecule has 1 fully saturated rings. The molecule has 1 amide bonds. The smallest absolute Gasteiger partial charge is 0.256 e. The first kappa shape index (κ1) is 25.8. The molecule has 0 radical (unpaired) electrons. The van der Waals surface area contributed by atoms with Crippen LogP contribution in [0.3, 0.4) is 0 Å². The van der Waals surface area contributed by atoms with Crippen molar-refractivity contribution in [2.75, 3.05) is 47.4 Å². The lowest BCUT2D eigenvalue weighted by Crippen LogP contribution is -2.42. The van der Waals surface area contributed by atoms with Gasteiger partial charge >= 0.3 is 0 Å². The van der Waals surface area contributed by atoms with E-state index in [1.165, 1.54) is 0 Å². The molecule has 1 aliphatic rings. The van der Waals surface area contributed by atoms with Gasteiger partial charge in [0.05, 0.1) is 17.5 Å². The van der Waals surface area contributed by atoms with Gasteiger partial charge in [0.25, 0.3) is 5.91 Å². The zero-order valence-electron chi connectivity index (χ0n) is 21.4. The predicted molar refractivity (Wildman–Crippen MR) is 146 cm³/mol. The van der Waals surface area contributed by atoms with Crippen molar-refractivity contribution in [3.05, 3.63) is 48.3 Å². The van der Waals surface area contributed by atoms with Gasteiger partial charge < -0.3 is 20.1 Å². The van der Waals surface area contributed by atoms with E-state index in [0.29, 0.717) is 41.7 Å². The van der Waals surface area contributed by atoms with Gasteiger partial charge in [-0.05, 0) is 69.9 Å². The molecular weight excluding hydrogens is 476 g/mol. The first-order chi connectivity index (χ1) is 17.1. The van der Waals surface area contributed by atoms with Crippen LogP contribution in [-0.4, -0.2) is 67.7 Å². The molecule has 3 N–H and O–H groups in total. The van der Waals surface area contributed by atoms with Crippen LogP contribution in [0.1, 0.15) is 44.0 Å². The number of aromatic nitrogens is 2. The highest BCUT2D eigenvalue weighted by atomic mass is 32.2. The van der Waals surface area contributed by atoms with Crippen molar-refractivity contribution >= 4 is 44.0 Å². The number of hydrogen-bond donors (Lipinski definition) is 3. The second-order valence-corrected chi connectivity index (χ2v) is 11.5. The standard InChI is InChI=1S/C26H36N6O3S/c1-5-31(25-24(29-18(2)3)7-6-12-27-25)17-19-10-13-32(14-11-19)26(33)22-16-28-23-9-8-20(15-21(22)23)30-36(4,34)35/h6-9,12,15-16,18-19,28-30H,5,10-11,13-14,17H2,1-4H3. The van der Waals surface area contributed by atoms with Crippen molar-refractivity contribution in [2.45, 2.75) is 39.7 Å². The van der Waals surface area contributed by atoms with Crippen molar-refractivity contribution in [3.63, 3.8) is 0 Å². The van der Waals surface area contributed by atoms with Crippen LogP contribution in [0.4, 0.5) is 17.2 Å². The van der Waals surface area contributed by atoms with Crippen LogP contribution < -0.4 is 14.9 Å². The Morgan fingerprint density at radius 3 is 2.67 bits per heavy atom. The number of amides is 1. The molecule has 1 aromatic carbocycles. The molecule has 2 aromatic heterocycles. The Hall–Kier alpha value is -3.27. The lowest BCUT2D eigenvalue weighted by atomic mass is 9.95. The van der Waals surface area contributed by atoms with Gasteiger partial charge in [0, 0.05) is 61.2 Å². The fraction of sp³-hybridized carbons (Fsp3) is 0.462. The number of anilines is 3. The summed E-state index contributed by atoms with van der Waals surface area (Å²) in [5, 5.41) is 4.21. The molecule has 10 heteroatoms. The van der Waals surface area contributed by atoms with Crippen LogP contribution in [-0.2, 0) is 10.0 Å². The van der Waals surface area contributed by atoms with Crippen LogP contribution in [0.2, 0.25) is 0 Å². The number of sulfonamides is 1. The molecule has 0 bridgehead atoms. The minimum atomic E-state index is -3.40. The number of hydrogen-bond acceptors (Lipinski definition) is 6. The van der Waals surface area contributed by atoms with E-state index in [2.05, 4.69) is 51.7 Å². The maximum absolute atomic E-state index is 13.4. The highest BCUT2D eigenvalue weighted by Gasteiger charge is 2.27. The highest BCUT2D eigenvalue weighted by molar-refractivity contribution is 7.92. The maximum Gasteiger partial charge on any atom is 0.256 e. The molecule has 0 spiro atoms. The number of aromatic amines is 1. The number of H-pyrrole nitrogens is 1. The van der Waals surface area contributed by atoms with E-state index in [1.54, 1.807) is 24.4 Å². The third kappa shape index (κ3) is 6.10. The average Bonchev–Trinajstić information content (AvgIpc) is 3.25. The summed E-state index contributed by atoms with van der Waals surface area (Å²) in [6, 6.07) is 9.53. The SMILES string of the molecule is CCN(CC1CCN(C(=O)c2c[nH]c3ccc(NS(C)(=O)=O)cc23)CC1)c1ncccc1NC(C)C. The predicted octanol–water partition coefficient (Wildman–Crippen LogP) is 4.13. The van der Waals surface area contributed by atoms with E-state index in [0.717, 1.165) is 49.2 Å². The molecule has 3 heterocycles. The fourth-order valence-corrected chi connectivity index (χ4v) is 5.37. The molecule has 194 valence electrons. The molecule has 0 unspecified atom stereocenters. The van der Waals surface area contributed by atoms with Crippen molar-refractivity contribution in [1.82, 2.24) is 14.9 Å². The third-order valence-corrected chi connectivity index (χ3v) is 7.11. The topological polar surface area (TPSA) is 110 Å². The zero-order chi connectivity index (χ0) is 25.9. The van der Waals surface area contributed by atoms with Crippen molar-refractivity contribution in [1.29, 1.82) is 0 Å². The van der Waals surface area contributed by atoms with Gasteiger partial charge in [0.1, 0.15) is 0 Å². The van der Waals surface area contributed by atoms with Crippen molar-refractivity contribution in [3.8, 4) is 0 Å². The minimum absolute atomic E-state index is 0.0308. The number of pyridine rings is 1. The Kier molecular flexibility index (Phi) is 7.73. The van der Waals surface area contributed by atoms with Crippen LogP contribution >= 0.6 is 0 Å². The van der Waals surface area contributed by atoms with Crippen LogP contribution in [0, 0.1) is 5.92 Å². The first-order valence-corrected chi connectivity index (χ1v) is 14.4. The Labute approximate surface area is 213 Å². The van der Waals surface area contributed by atoms with Gasteiger partial charge in [0.15, 0.2) is 5.82 Å². The van der Waals surface area contributed by atoms with E-state index in [9.17, 15) is 13.2 Å². The number of nitrogens with one attached hydrogen (secondary N) is 3. The summed E-state index contributed by atoms with van der Waals surface area (Å²) >= 11 is 0. The average molecular weight is 513 g/mol. The summed E-state index contributed by atoms with van der Waals surface area (Å²) in [7, 11) is -3.40. The van der Waals surface area contributed by atoms with Crippen LogP contribution in [0.25, 0.3) is 10.9 Å². The Balaban J connectivity index is 1.42. The molecule has 36 heavy (non-hydrogen) atoms. The van der Waals surface area contributed by atoms with Gasteiger partial charge in [-0.3, -0.25) is 9.52 Å². The van der Waals surface area contributed by atoms with Gasteiger partial charge in [-0.15, -0.1) is 0 Å². The lowest BCUT2D eigenvalue weighted by molar-refractivity contribution is 0.0695. The van der Waals surface area contributed by atoms with Gasteiger partial charge in [0.2, 0.25) is 10.0 Å². The Bertz CT molecular complexity index is 1310. The molecule has 1 saturated heterocycles. The van der Waals surface area contributed by atoms with Crippen LogP contribution in [0.5, 0.6) is 0 Å². The van der Waals surface area contributed by atoms with Crippen molar-refractivity contribution in [2.24, 2.45) is 5.92 Å². The number of carbonyl (C=O) groups is 1. The van der Waals surface area contributed by atoms with E-state index in [1.807, 2.05) is 17.2 Å². The second-order valence-electron chi connectivity index (χ2n) is 9.78. The summed E-state index contributed by atoms with van der Waals surface area (Å²) in [5.74, 6) is 1.41. The highest BCUT2D eigenvalue weighted by Crippen LogP contribution is 2.29. The molecule has 1 aliphatic heterocycles. The molecular formula is C26H36N6O3S. The fourth-order valence-electron chi connectivity index (χ4n) is 4.81. The van der Waals surface area contributed by atoms with E-state index in [4.69, 9.17) is 0 Å². The minimum Gasteiger partial charge on any atom is -0.380 e. The summed E-state index contributed by atoms with van der Waals surface area (Å²) in [6.07, 6.45) is 6.51. The summed E-state index contributed by atoms with van der Waals surface area (Å²) in [6.45, 7) is 9.53. The van der Waals surface area contributed by atoms with Gasteiger partial charge in [-0.2, -0.15) is 0 Å². The number of fused-ring (bicyclic) bond motifs is 1. The van der Waals surface area contributed by atoms with E-state index >= 15 is 0 Å². The second kappa shape index (κ2) is 10.8. The number of benzene rings is 1. The quantitative estimate of drug-likeness (QED) is 0.398. The van der Waals surface area contributed by atoms with Gasteiger partial charge in [-0.25, -0.2) is 13.4 Å². The van der Waals surface area contributed by atoms with E-state index in [-0.39, 0.29) is 5.91 Å². The molecule has 0 saturated carbocycles. The maximum atomic E-state index is 13.4. The Morgan fingerprint density at radius 1 is 1.25 bits per heavy atom. The Morgan fingerprint density at radius 2 is 2.00 bits per heavy atom. The molecule has 3 aromatic rings. The summed E-state index contributed by atoms with van der Waals surface area (Å²) < 4.78 is 25.7. The first-order valence-electron chi connectivity index (χ1n) is 12.5. The molecule has 9 nitrogen and oxygen atoms in total. The molecule has 4 rings (SSSR count). The number of piperidine rings is 1. The largest absolute Gasteiger partial charge is 0.380 e. The lowest BCUT2D eigenvalue weighted by Gasteiger charge is -2.35. The molecule has 0 aliphatic carbocycles. The normalized spacial score (nSPS) is 14.9. The molecule has 0 atom stereocenters. The number of rotatable bonds is 9. The van der Waals surface area contributed by atoms with Crippen LogP contribution in [0.15, 0.2) is 42.7 Å². The summed E-state index contributed by atoms with van der Waals surface area (Å²) in [4.78, 5) is 25.4. The summed E-state index contributed by atoms with van der Waals surface area (Å²) in [5.41, 5.74) is 2.85. The third-order valence-electron chi connectivity index (χ3n) is 6.51.